The number of benzene rings is 1. The van der Waals surface area contributed by atoms with E-state index in [-0.39, 0.29) is 24.7 Å². The average molecular weight is 319 g/mol. The fourth-order valence-corrected chi connectivity index (χ4v) is 1.90. The second-order valence-electron chi connectivity index (χ2n) is 4.04. The highest BCUT2D eigenvalue weighted by Gasteiger charge is 2.63. The first-order valence-electron chi connectivity index (χ1n) is 5.36. The van der Waals surface area contributed by atoms with Crippen LogP contribution < -0.4 is 9.47 Å². The molecule has 1 N–H and O–H groups in total. The lowest BCUT2D eigenvalue weighted by Crippen LogP contribution is -2.42. The van der Waals surface area contributed by atoms with E-state index in [4.69, 9.17) is 21.1 Å². The lowest BCUT2D eigenvalue weighted by molar-refractivity contribution is -0.315. The molecular formula is C11H8ClF5O3. The highest BCUT2D eigenvalue weighted by atomic mass is 35.5. The lowest BCUT2D eigenvalue weighted by atomic mass is 10.0. The summed E-state index contributed by atoms with van der Waals surface area (Å²) in [5.41, 5.74) is -0.779. The van der Waals surface area contributed by atoms with Crippen LogP contribution in [0.25, 0.3) is 0 Å². The Morgan fingerprint density at radius 2 is 1.55 bits per heavy atom. The maximum atomic E-state index is 13.1. The molecule has 1 heterocycles. The van der Waals surface area contributed by atoms with E-state index >= 15 is 0 Å². The van der Waals surface area contributed by atoms with Crippen LogP contribution in [0.2, 0.25) is 5.02 Å². The largest absolute Gasteiger partial charge is 0.486 e. The molecule has 0 fully saturated rings. The number of fused-ring (bicyclic) bond motifs is 1. The lowest BCUT2D eigenvalue weighted by Gasteiger charge is -2.27. The van der Waals surface area contributed by atoms with Crippen LogP contribution in [0, 0.1) is 0 Å². The molecule has 1 aliphatic rings. The van der Waals surface area contributed by atoms with Gasteiger partial charge >= 0.3 is 12.1 Å². The van der Waals surface area contributed by atoms with E-state index in [2.05, 4.69) is 0 Å². The third kappa shape index (κ3) is 2.49. The van der Waals surface area contributed by atoms with Crippen LogP contribution in [0.1, 0.15) is 11.7 Å². The molecule has 2 rings (SSSR count). The topological polar surface area (TPSA) is 38.7 Å². The zero-order chi connectivity index (χ0) is 15.1. The monoisotopic (exact) mass is 318 g/mol. The molecule has 20 heavy (non-hydrogen) atoms. The first-order valence-corrected chi connectivity index (χ1v) is 5.74. The summed E-state index contributed by atoms with van der Waals surface area (Å²) < 4.78 is 73.1. The molecule has 0 amide bonds. The van der Waals surface area contributed by atoms with Gasteiger partial charge in [0.05, 0.1) is 5.02 Å². The average Bonchev–Trinajstić information content (AvgIpc) is 2.35. The summed E-state index contributed by atoms with van der Waals surface area (Å²) in [5.74, 6) is -5.26. The van der Waals surface area contributed by atoms with E-state index in [9.17, 15) is 27.1 Å². The second kappa shape index (κ2) is 4.92. The number of hydrogen-bond acceptors (Lipinski definition) is 3. The van der Waals surface area contributed by atoms with Crippen LogP contribution in [-0.4, -0.2) is 30.4 Å². The number of halogens is 6. The minimum Gasteiger partial charge on any atom is -0.486 e. The summed E-state index contributed by atoms with van der Waals surface area (Å²) >= 11 is 5.62. The minimum atomic E-state index is -5.90. The van der Waals surface area contributed by atoms with Crippen molar-refractivity contribution in [3.8, 4) is 11.5 Å². The third-order valence-corrected chi connectivity index (χ3v) is 3.00. The predicted molar refractivity (Wildman–Crippen MR) is 58.4 cm³/mol. The molecule has 0 spiro atoms. The molecule has 1 aromatic carbocycles. The molecular weight excluding hydrogens is 311 g/mol. The van der Waals surface area contributed by atoms with Crippen LogP contribution in [0.3, 0.4) is 0 Å². The fraction of sp³-hybridized carbons (Fsp3) is 0.455. The van der Waals surface area contributed by atoms with E-state index in [0.29, 0.717) is 0 Å². The van der Waals surface area contributed by atoms with E-state index in [0.717, 1.165) is 12.1 Å². The Morgan fingerprint density at radius 1 is 1.05 bits per heavy atom. The molecule has 0 radical (unpaired) electrons. The van der Waals surface area contributed by atoms with Gasteiger partial charge in [0.25, 0.3) is 0 Å². The molecule has 0 aliphatic carbocycles. The molecule has 1 aromatic rings. The van der Waals surface area contributed by atoms with Crippen molar-refractivity contribution in [1.82, 2.24) is 0 Å². The van der Waals surface area contributed by atoms with E-state index in [1.165, 1.54) is 0 Å². The predicted octanol–water partition coefficient (Wildman–Crippen LogP) is 3.34. The van der Waals surface area contributed by atoms with Gasteiger partial charge in [0.15, 0.2) is 17.6 Å². The maximum Gasteiger partial charge on any atom is 0.456 e. The van der Waals surface area contributed by atoms with Gasteiger partial charge in [-0.25, -0.2) is 0 Å². The van der Waals surface area contributed by atoms with Gasteiger partial charge in [-0.15, -0.1) is 0 Å². The van der Waals surface area contributed by atoms with Crippen molar-refractivity contribution in [1.29, 1.82) is 0 Å². The first-order chi connectivity index (χ1) is 9.14. The Labute approximate surface area is 114 Å². The summed E-state index contributed by atoms with van der Waals surface area (Å²) in [6.45, 7) is 0.309. The fourth-order valence-electron chi connectivity index (χ4n) is 1.64. The first kappa shape index (κ1) is 15.1. The Morgan fingerprint density at radius 3 is 2.05 bits per heavy atom. The summed E-state index contributed by atoms with van der Waals surface area (Å²) in [6.07, 6.45) is -9.03. The van der Waals surface area contributed by atoms with Crippen molar-refractivity contribution < 1.29 is 36.5 Å². The molecule has 3 nitrogen and oxygen atoms in total. The Bertz CT molecular complexity index is 518. The number of aliphatic hydroxyl groups excluding tert-OH is 1. The van der Waals surface area contributed by atoms with Gasteiger partial charge in [-0.05, 0) is 6.07 Å². The van der Waals surface area contributed by atoms with Gasteiger partial charge < -0.3 is 14.6 Å². The van der Waals surface area contributed by atoms with Gasteiger partial charge in [0.1, 0.15) is 13.2 Å². The van der Waals surface area contributed by atoms with Crippen molar-refractivity contribution in [2.45, 2.75) is 18.2 Å². The smallest absolute Gasteiger partial charge is 0.456 e. The van der Waals surface area contributed by atoms with Crippen molar-refractivity contribution in [2.75, 3.05) is 13.2 Å². The molecule has 0 bridgehead atoms. The quantitative estimate of drug-likeness (QED) is 0.850. The van der Waals surface area contributed by atoms with Gasteiger partial charge in [-0.1, -0.05) is 11.6 Å². The van der Waals surface area contributed by atoms with E-state index < -0.39 is 28.8 Å². The summed E-state index contributed by atoms with van der Waals surface area (Å²) in [4.78, 5) is 0. The summed E-state index contributed by atoms with van der Waals surface area (Å²) in [6, 6.07) is 1.85. The SMILES string of the molecule is OC(c1cc2c(cc1Cl)OCCO2)C(F)(F)C(F)(F)F. The Hall–Kier alpha value is -1.28. The van der Waals surface area contributed by atoms with Crippen LogP contribution in [0.4, 0.5) is 22.0 Å². The van der Waals surface area contributed by atoms with Crippen LogP contribution in [-0.2, 0) is 0 Å². The normalized spacial score (nSPS) is 16.9. The van der Waals surface area contributed by atoms with E-state index in [1.54, 1.807) is 0 Å². The second-order valence-corrected chi connectivity index (χ2v) is 4.45. The van der Waals surface area contributed by atoms with Gasteiger partial charge in [-0.3, -0.25) is 0 Å². The molecule has 112 valence electrons. The minimum absolute atomic E-state index is 0.0484. The molecule has 9 heteroatoms. The van der Waals surface area contributed by atoms with Gasteiger partial charge in [0.2, 0.25) is 0 Å². The van der Waals surface area contributed by atoms with Crippen LogP contribution in [0.15, 0.2) is 12.1 Å². The standard InChI is InChI=1S/C11H8ClF5O3/c12-6-4-8-7(19-1-2-20-8)3-5(6)9(18)10(13,14)11(15,16)17/h3-4,9,18H,1-2H2. The number of alkyl halides is 5. The molecule has 1 aliphatic heterocycles. The third-order valence-electron chi connectivity index (χ3n) is 2.68. The van der Waals surface area contributed by atoms with Crippen molar-refractivity contribution in [3.05, 3.63) is 22.7 Å². The Kier molecular flexibility index (Phi) is 3.72. The number of ether oxygens (including phenoxy) is 2. The number of rotatable bonds is 2. The maximum absolute atomic E-state index is 13.1. The molecule has 1 unspecified atom stereocenters. The van der Waals surface area contributed by atoms with E-state index in [1.807, 2.05) is 0 Å². The Balaban J connectivity index is 2.42. The number of aliphatic hydroxyl groups is 1. The zero-order valence-electron chi connectivity index (χ0n) is 9.68. The molecule has 1 atom stereocenters. The summed E-state index contributed by atoms with van der Waals surface area (Å²) in [5, 5.41) is 8.85. The molecule has 0 saturated heterocycles. The zero-order valence-corrected chi connectivity index (χ0v) is 10.4. The molecule has 0 saturated carbocycles. The van der Waals surface area contributed by atoms with Gasteiger partial charge in [-0.2, -0.15) is 22.0 Å². The van der Waals surface area contributed by atoms with Crippen molar-refractivity contribution >= 4 is 11.6 Å². The van der Waals surface area contributed by atoms with Crippen LogP contribution in [0.5, 0.6) is 11.5 Å². The van der Waals surface area contributed by atoms with Crippen LogP contribution >= 0.6 is 11.6 Å². The highest BCUT2D eigenvalue weighted by Crippen LogP contribution is 2.47. The van der Waals surface area contributed by atoms with Crippen molar-refractivity contribution in [3.63, 3.8) is 0 Å². The summed E-state index contributed by atoms with van der Waals surface area (Å²) in [7, 11) is 0. The highest BCUT2D eigenvalue weighted by molar-refractivity contribution is 6.31. The van der Waals surface area contributed by atoms with Crippen molar-refractivity contribution in [2.24, 2.45) is 0 Å². The molecule has 0 aromatic heterocycles. The number of hydrogen-bond donors (Lipinski definition) is 1. The van der Waals surface area contributed by atoms with Gasteiger partial charge in [0, 0.05) is 11.6 Å².